The summed E-state index contributed by atoms with van der Waals surface area (Å²) in [6.45, 7) is 3.86. The van der Waals surface area contributed by atoms with Crippen LogP contribution in [0.2, 0.25) is 0 Å². The second-order valence-electron chi connectivity index (χ2n) is 4.06. The minimum absolute atomic E-state index is 0.177. The van der Waals surface area contributed by atoms with E-state index in [0.29, 0.717) is 6.29 Å². The zero-order chi connectivity index (χ0) is 12.4. The lowest BCUT2D eigenvalue weighted by molar-refractivity contribution is 0.112. The lowest BCUT2D eigenvalue weighted by Crippen LogP contribution is -2.13. The number of nitrogens with zero attached hydrogens (tertiary/aromatic N) is 1. The molecule has 17 heavy (non-hydrogen) atoms. The Morgan fingerprint density at radius 1 is 1.12 bits per heavy atom. The fraction of sp³-hybridized carbons (Fsp3) is 0.143. The van der Waals surface area contributed by atoms with E-state index in [0.717, 1.165) is 11.4 Å². The van der Waals surface area contributed by atoms with Gasteiger partial charge < -0.3 is 4.57 Å². The van der Waals surface area contributed by atoms with Gasteiger partial charge in [-0.05, 0) is 26.0 Å². The normalized spacial score (nSPS) is 10.2. The molecule has 3 heteroatoms. The molecule has 0 radical (unpaired) electrons. The molecule has 0 unspecified atom stereocenters. The number of aldehydes is 1. The third kappa shape index (κ3) is 2.18. The third-order valence-corrected chi connectivity index (χ3v) is 2.71. The van der Waals surface area contributed by atoms with Gasteiger partial charge in [-0.25, -0.2) is 0 Å². The third-order valence-electron chi connectivity index (χ3n) is 2.71. The fourth-order valence-electron chi connectivity index (χ4n) is 1.72. The van der Waals surface area contributed by atoms with Crippen molar-refractivity contribution in [2.45, 2.75) is 13.8 Å². The Hall–Kier alpha value is -2.16. The maximum absolute atomic E-state index is 11.5. The summed E-state index contributed by atoms with van der Waals surface area (Å²) in [6, 6.07) is 9.38. The number of rotatable bonds is 2. The Balaban J connectivity index is 2.62. The largest absolute Gasteiger partial charge is 0.320 e. The minimum atomic E-state index is -0.235. The SMILES string of the molecule is Cc1ccc(-n2cc(C=O)c(=O)cc2C)cc1. The van der Waals surface area contributed by atoms with Gasteiger partial charge >= 0.3 is 0 Å². The van der Waals surface area contributed by atoms with Gasteiger partial charge in [-0.2, -0.15) is 0 Å². The highest BCUT2D eigenvalue weighted by atomic mass is 16.1. The molecule has 1 aromatic carbocycles. The number of carbonyl (C=O) groups excluding carboxylic acids is 1. The topological polar surface area (TPSA) is 39.1 Å². The highest BCUT2D eigenvalue weighted by Gasteiger charge is 2.04. The Morgan fingerprint density at radius 3 is 2.35 bits per heavy atom. The second-order valence-corrected chi connectivity index (χ2v) is 4.06. The van der Waals surface area contributed by atoms with E-state index in [9.17, 15) is 9.59 Å². The van der Waals surface area contributed by atoms with Crippen molar-refractivity contribution >= 4 is 6.29 Å². The van der Waals surface area contributed by atoms with Gasteiger partial charge in [0.05, 0.1) is 5.56 Å². The van der Waals surface area contributed by atoms with Gasteiger partial charge in [0.25, 0.3) is 0 Å². The van der Waals surface area contributed by atoms with Crippen molar-refractivity contribution in [2.24, 2.45) is 0 Å². The summed E-state index contributed by atoms with van der Waals surface area (Å²) in [5, 5.41) is 0. The molecular weight excluding hydrogens is 214 g/mol. The van der Waals surface area contributed by atoms with Crippen LogP contribution in [0, 0.1) is 13.8 Å². The van der Waals surface area contributed by atoms with Crippen molar-refractivity contribution in [3.63, 3.8) is 0 Å². The standard InChI is InChI=1S/C14H13NO2/c1-10-3-5-13(6-4-10)15-8-12(9-16)14(17)7-11(15)2/h3-9H,1-2H3. The molecule has 0 saturated heterocycles. The van der Waals surface area contributed by atoms with E-state index in [2.05, 4.69) is 0 Å². The summed E-state index contributed by atoms with van der Waals surface area (Å²) in [5.74, 6) is 0. The van der Waals surface area contributed by atoms with Crippen LogP contribution in [-0.4, -0.2) is 10.9 Å². The van der Waals surface area contributed by atoms with Crippen LogP contribution in [0.15, 0.2) is 41.3 Å². The van der Waals surface area contributed by atoms with Gasteiger partial charge in [0.2, 0.25) is 0 Å². The van der Waals surface area contributed by atoms with Crippen molar-refractivity contribution in [2.75, 3.05) is 0 Å². The summed E-state index contributed by atoms with van der Waals surface area (Å²) >= 11 is 0. The summed E-state index contributed by atoms with van der Waals surface area (Å²) in [7, 11) is 0. The van der Waals surface area contributed by atoms with Crippen LogP contribution in [0.4, 0.5) is 0 Å². The molecule has 0 N–H and O–H groups in total. The number of benzene rings is 1. The van der Waals surface area contributed by atoms with Crippen LogP contribution >= 0.6 is 0 Å². The monoisotopic (exact) mass is 227 g/mol. The highest BCUT2D eigenvalue weighted by molar-refractivity contribution is 5.74. The number of carbonyl (C=O) groups is 1. The number of hydrogen-bond donors (Lipinski definition) is 0. The van der Waals surface area contributed by atoms with Gasteiger partial charge in [-0.15, -0.1) is 0 Å². The van der Waals surface area contributed by atoms with Crippen LogP contribution < -0.4 is 5.43 Å². The van der Waals surface area contributed by atoms with Gasteiger partial charge in [-0.3, -0.25) is 9.59 Å². The summed E-state index contributed by atoms with van der Waals surface area (Å²) in [4.78, 5) is 22.2. The van der Waals surface area contributed by atoms with E-state index in [4.69, 9.17) is 0 Å². The maximum atomic E-state index is 11.5. The Morgan fingerprint density at radius 2 is 1.76 bits per heavy atom. The molecule has 0 aliphatic rings. The first-order valence-corrected chi connectivity index (χ1v) is 5.37. The average molecular weight is 227 g/mol. The zero-order valence-electron chi connectivity index (χ0n) is 9.81. The zero-order valence-corrected chi connectivity index (χ0v) is 9.81. The average Bonchev–Trinajstić information content (AvgIpc) is 2.31. The number of hydrogen-bond acceptors (Lipinski definition) is 2. The molecule has 0 saturated carbocycles. The molecule has 2 aromatic rings. The van der Waals surface area contributed by atoms with Crippen LogP contribution in [0.25, 0.3) is 5.69 Å². The number of pyridine rings is 1. The van der Waals surface area contributed by atoms with Crippen LogP contribution in [-0.2, 0) is 0 Å². The smallest absolute Gasteiger partial charge is 0.192 e. The molecule has 1 aromatic heterocycles. The van der Waals surface area contributed by atoms with Crippen LogP contribution in [0.1, 0.15) is 21.6 Å². The van der Waals surface area contributed by atoms with Crippen molar-refractivity contribution < 1.29 is 4.79 Å². The number of aryl methyl sites for hydroxylation is 2. The molecule has 0 bridgehead atoms. The summed E-state index contributed by atoms with van der Waals surface area (Å²) in [5.41, 5.74) is 2.86. The molecular formula is C14H13NO2. The highest BCUT2D eigenvalue weighted by Crippen LogP contribution is 2.11. The quantitative estimate of drug-likeness (QED) is 0.738. The molecule has 0 fully saturated rings. The van der Waals surface area contributed by atoms with E-state index in [-0.39, 0.29) is 11.0 Å². The first-order chi connectivity index (χ1) is 8.11. The van der Waals surface area contributed by atoms with E-state index < -0.39 is 0 Å². The maximum Gasteiger partial charge on any atom is 0.192 e. The molecule has 0 aliphatic heterocycles. The minimum Gasteiger partial charge on any atom is -0.320 e. The van der Waals surface area contributed by atoms with Crippen LogP contribution in [0.5, 0.6) is 0 Å². The molecule has 0 amide bonds. The Labute approximate surface area is 99.3 Å². The Bertz CT molecular complexity index is 609. The predicted molar refractivity (Wildman–Crippen MR) is 66.9 cm³/mol. The lowest BCUT2D eigenvalue weighted by atomic mass is 10.2. The molecule has 3 nitrogen and oxygen atoms in total. The molecule has 0 aliphatic carbocycles. The van der Waals surface area contributed by atoms with Crippen molar-refractivity contribution in [1.29, 1.82) is 0 Å². The first kappa shape index (κ1) is 11.3. The van der Waals surface area contributed by atoms with Crippen LogP contribution in [0.3, 0.4) is 0 Å². The van der Waals surface area contributed by atoms with Crippen molar-refractivity contribution in [3.05, 3.63) is 63.6 Å². The molecule has 0 spiro atoms. The molecule has 0 atom stereocenters. The van der Waals surface area contributed by atoms with Gasteiger partial charge in [0.1, 0.15) is 0 Å². The van der Waals surface area contributed by atoms with Crippen molar-refractivity contribution in [3.8, 4) is 5.69 Å². The van der Waals surface area contributed by atoms with E-state index in [1.807, 2.05) is 42.7 Å². The van der Waals surface area contributed by atoms with E-state index in [1.54, 1.807) is 6.20 Å². The second kappa shape index (κ2) is 4.37. The van der Waals surface area contributed by atoms with E-state index in [1.165, 1.54) is 11.6 Å². The molecule has 2 rings (SSSR count). The lowest BCUT2D eigenvalue weighted by Gasteiger charge is -2.11. The molecule has 1 heterocycles. The first-order valence-electron chi connectivity index (χ1n) is 5.37. The van der Waals surface area contributed by atoms with Crippen molar-refractivity contribution in [1.82, 2.24) is 4.57 Å². The van der Waals surface area contributed by atoms with E-state index >= 15 is 0 Å². The van der Waals surface area contributed by atoms with Gasteiger partial charge in [-0.1, -0.05) is 17.7 Å². The summed E-state index contributed by atoms with van der Waals surface area (Å²) < 4.78 is 1.84. The molecule has 86 valence electrons. The number of aromatic nitrogens is 1. The van der Waals surface area contributed by atoms with Gasteiger partial charge in [0, 0.05) is 23.6 Å². The predicted octanol–water partition coefficient (Wildman–Crippen LogP) is 2.27. The Kier molecular flexibility index (Phi) is 2.91. The fourth-order valence-corrected chi connectivity index (χ4v) is 1.72. The van der Waals surface area contributed by atoms with Gasteiger partial charge in [0.15, 0.2) is 11.7 Å². The summed E-state index contributed by atoms with van der Waals surface area (Å²) in [6.07, 6.45) is 2.17.